The Morgan fingerprint density at radius 1 is 1.25 bits per heavy atom. The summed E-state index contributed by atoms with van der Waals surface area (Å²) in [7, 11) is 2.02. The first kappa shape index (κ1) is 22.5. The van der Waals surface area contributed by atoms with Crippen LogP contribution in [0.15, 0.2) is 71.3 Å². The zero-order valence-electron chi connectivity index (χ0n) is 17.1. The predicted molar refractivity (Wildman–Crippen MR) is 120 cm³/mol. The first-order valence-corrected chi connectivity index (χ1v) is 11.1. The van der Waals surface area contributed by atoms with Crippen LogP contribution in [-0.4, -0.2) is 41.6 Å². The van der Waals surface area contributed by atoms with Gasteiger partial charge < -0.3 is 15.0 Å². The quantitative estimate of drug-likeness (QED) is 0.344. The van der Waals surface area contributed by atoms with Gasteiger partial charge in [0.25, 0.3) is 0 Å². The summed E-state index contributed by atoms with van der Waals surface area (Å²) in [5, 5.41) is 2.10. The van der Waals surface area contributed by atoms with Crippen LogP contribution in [0.4, 0.5) is 0 Å². The minimum absolute atomic E-state index is 0.0844. The Morgan fingerprint density at radius 2 is 2.00 bits per heavy atom. The molecule has 2 aromatic rings. The maximum atomic E-state index is 13.2. The zero-order valence-corrected chi connectivity index (χ0v) is 18.0. The van der Waals surface area contributed by atoms with E-state index in [1.54, 1.807) is 0 Å². The molecule has 2 N–H and O–H groups in total. The number of ether oxygens (including phenoxy) is 1. The van der Waals surface area contributed by atoms with Crippen molar-refractivity contribution in [2.75, 3.05) is 26.7 Å². The minimum Gasteiger partial charge on any atom is -0.610 e. The largest absolute Gasteiger partial charge is 0.610 e. The summed E-state index contributed by atoms with van der Waals surface area (Å²) in [4.78, 5) is 3.03. The van der Waals surface area contributed by atoms with Gasteiger partial charge in [-0.3, -0.25) is 4.90 Å². The van der Waals surface area contributed by atoms with E-state index in [9.17, 15) is 4.55 Å². The highest BCUT2D eigenvalue weighted by Gasteiger charge is 2.25. The first-order valence-electron chi connectivity index (χ1n) is 9.86. The third-order valence-corrected chi connectivity index (χ3v) is 6.38. The van der Waals surface area contributed by atoms with Crippen LogP contribution < -0.4 is 5.73 Å². The van der Waals surface area contributed by atoms with Gasteiger partial charge in [0.15, 0.2) is 10.3 Å². The van der Waals surface area contributed by atoms with Crippen LogP contribution in [0.5, 0.6) is 0 Å². The van der Waals surface area contributed by atoms with Gasteiger partial charge in [-0.1, -0.05) is 43.3 Å². The van der Waals surface area contributed by atoms with Gasteiger partial charge in [-0.2, -0.15) is 0 Å². The first-order chi connectivity index (χ1) is 13.6. The molecular formula is C23H32N2O2S. The molecule has 0 bridgehead atoms. The molecular weight excluding hydrogens is 368 g/mol. The third kappa shape index (κ3) is 6.38. The smallest absolute Gasteiger partial charge is 0.172 e. The van der Waals surface area contributed by atoms with E-state index in [2.05, 4.69) is 30.0 Å². The third-order valence-electron chi connectivity index (χ3n) is 4.62. The van der Waals surface area contributed by atoms with Crippen LogP contribution >= 0.6 is 0 Å². The Bertz CT molecular complexity index is 786. The molecule has 2 rings (SSSR count). The summed E-state index contributed by atoms with van der Waals surface area (Å²) in [5.41, 5.74) is 5.54. The molecule has 0 heterocycles. The normalized spacial score (nSPS) is 14.7. The number of hydrogen-bond donors (Lipinski definition) is 1. The van der Waals surface area contributed by atoms with Gasteiger partial charge in [-0.25, -0.2) is 0 Å². The molecule has 28 heavy (non-hydrogen) atoms. The number of benzene rings is 2. The van der Waals surface area contributed by atoms with Gasteiger partial charge in [0, 0.05) is 29.7 Å². The lowest BCUT2D eigenvalue weighted by Crippen LogP contribution is -2.36. The highest BCUT2D eigenvalue weighted by Crippen LogP contribution is 2.26. The molecule has 0 aliphatic rings. The Morgan fingerprint density at radius 3 is 2.75 bits per heavy atom. The molecule has 0 amide bonds. The summed E-state index contributed by atoms with van der Waals surface area (Å²) in [6.45, 7) is 6.09. The summed E-state index contributed by atoms with van der Waals surface area (Å²) in [6.07, 6.45) is 7.68. The zero-order chi connectivity index (χ0) is 20.4. The fourth-order valence-electron chi connectivity index (χ4n) is 2.89. The SMILES string of the molecule is CCCOC(/C=C\CN)=C/CCN(C)C(C)[S+]([O-])c1cccc2ccccc12. The molecule has 2 aromatic carbocycles. The van der Waals surface area contributed by atoms with Crippen LogP contribution in [-0.2, 0) is 15.9 Å². The molecule has 152 valence electrons. The van der Waals surface area contributed by atoms with Gasteiger partial charge >= 0.3 is 0 Å². The van der Waals surface area contributed by atoms with E-state index < -0.39 is 11.2 Å². The molecule has 0 radical (unpaired) electrons. The summed E-state index contributed by atoms with van der Waals surface area (Å²) >= 11 is -1.11. The van der Waals surface area contributed by atoms with Crippen molar-refractivity contribution < 1.29 is 9.29 Å². The molecule has 0 fully saturated rings. The summed E-state index contributed by atoms with van der Waals surface area (Å²) < 4.78 is 18.9. The van der Waals surface area contributed by atoms with Gasteiger partial charge in [0.05, 0.1) is 6.61 Å². The Balaban J connectivity index is 2.01. The second-order valence-corrected chi connectivity index (χ2v) is 8.45. The van der Waals surface area contributed by atoms with E-state index in [0.29, 0.717) is 13.2 Å². The fraction of sp³-hybridized carbons (Fsp3) is 0.391. The van der Waals surface area contributed by atoms with E-state index in [1.165, 1.54) is 0 Å². The van der Waals surface area contributed by atoms with Gasteiger partial charge in [-0.15, -0.1) is 0 Å². The molecule has 0 aliphatic heterocycles. The fourth-order valence-corrected chi connectivity index (χ4v) is 4.30. The summed E-state index contributed by atoms with van der Waals surface area (Å²) in [6, 6.07) is 14.1. The Kier molecular flexibility index (Phi) is 9.58. The van der Waals surface area contributed by atoms with Crippen molar-refractivity contribution in [2.45, 2.75) is 37.0 Å². The molecule has 0 spiro atoms. The number of nitrogens with zero attached hydrogens (tertiary/aromatic N) is 1. The minimum atomic E-state index is -1.11. The molecule has 2 unspecified atom stereocenters. The highest BCUT2D eigenvalue weighted by molar-refractivity contribution is 7.92. The van der Waals surface area contributed by atoms with Crippen LogP contribution in [0.2, 0.25) is 0 Å². The van der Waals surface area contributed by atoms with Crippen LogP contribution in [0.1, 0.15) is 26.7 Å². The second kappa shape index (κ2) is 11.9. The van der Waals surface area contributed by atoms with Crippen molar-refractivity contribution in [1.29, 1.82) is 0 Å². The monoisotopic (exact) mass is 400 g/mol. The Labute approximate surface area is 172 Å². The van der Waals surface area contributed by atoms with Crippen LogP contribution in [0.25, 0.3) is 10.8 Å². The van der Waals surface area contributed by atoms with Crippen molar-refractivity contribution in [2.24, 2.45) is 5.73 Å². The number of nitrogens with two attached hydrogens (primary N) is 1. The van der Waals surface area contributed by atoms with Crippen molar-refractivity contribution in [3.8, 4) is 0 Å². The maximum absolute atomic E-state index is 13.2. The van der Waals surface area contributed by atoms with Crippen LogP contribution in [0, 0.1) is 0 Å². The molecule has 0 saturated carbocycles. The van der Waals surface area contributed by atoms with Crippen LogP contribution in [0.3, 0.4) is 0 Å². The van der Waals surface area contributed by atoms with Crippen molar-refractivity contribution in [1.82, 2.24) is 4.90 Å². The second-order valence-electron chi connectivity index (χ2n) is 6.74. The summed E-state index contributed by atoms with van der Waals surface area (Å²) in [5.74, 6) is 0.850. The number of hydrogen-bond acceptors (Lipinski definition) is 4. The molecule has 2 atom stereocenters. The predicted octanol–water partition coefficient (Wildman–Crippen LogP) is 4.44. The molecule has 5 heteroatoms. The molecule has 0 aromatic heterocycles. The average molecular weight is 401 g/mol. The lowest BCUT2D eigenvalue weighted by atomic mass is 10.1. The molecule has 4 nitrogen and oxygen atoms in total. The van der Waals surface area contributed by atoms with Crippen molar-refractivity contribution >= 4 is 21.9 Å². The van der Waals surface area contributed by atoms with E-state index in [4.69, 9.17) is 10.5 Å². The average Bonchev–Trinajstić information content (AvgIpc) is 2.73. The Hall–Kier alpha value is -1.79. The van der Waals surface area contributed by atoms with Crippen molar-refractivity contribution in [3.63, 3.8) is 0 Å². The number of fused-ring (bicyclic) bond motifs is 1. The lowest BCUT2D eigenvalue weighted by Gasteiger charge is -2.27. The van der Waals surface area contributed by atoms with E-state index in [-0.39, 0.29) is 5.37 Å². The maximum Gasteiger partial charge on any atom is 0.172 e. The van der Waals surface area contributed by atoms with Gasteiger partial charge in [-0.05, 0) is 56.5 Å². The molecule has 0 saturated heterocycles. The van der Waals surface area contributed by atoms with E-state index in [1.807, 2.05) is 56.5 Å². The van der Waals surface area contributed by atoms with Gasteiger partial charge in [0.2, 0.25) is 0 Å². The van der Waals surface area contributed by atoms with E-state index >= 15 is 0 Å². The van der Waals surface area contributed by atoms with Gasteiger partial charge in [0.1, 0.15) is 5.76 Å². The van der Waals surface area contributed by atoms with E-state index in [0.717, 1.165) is 40.8 Å². The topological polar surface area (TPSA) is 61.5 Å². The number of allylic oxidation sites excluding steroid dienone is 1. The van der Waals surface area contributed by atoms with Crippen molar-refractivity contribution in [3.05, 3.63) is 66.5 Å². The lowest BCUT2D eigenvalue weighted by molar-refractivity contribution is 0.222. The molecule has 0 aliphatic carbocycles. The number of rotatable bonds is 11. The standard InChI is InChI=1S/C23H32N2O2S/c1-4-18-27-21(12-8-16-24)13-9-17-25(3)19(2)28(26)23-15-7-11-20-10-5-6-14-22(20)23/h5-8,10-15,19H,4,9,16-18,24H2,1-3H3/b12-8-,21-13+. The highest BCUT2D eigenvalue weighted by atomic mass is 32.2.